The molecule has 6 nitrogen and oxygen atoms in total. The van der Waals surface area contributed by atoms with Crippen molar-refractivity contribution in [1.29, 1.82) is 0 Å². The number of carboxylic acid groups (broad SMARTS) is 1. The van der Waals surface area contributed by atoms with Crippen molar-refractivity contribution in [3.8, 4) is 11.3 Å². The van der Waals surface area contributed by atoms with Crippen molar-refractivity contribution in [1.82, 2.24) is 9.80 Å². The molecule has 1 N–H and O–H groups in total. The number of halogens is 6. The number of carbonyl (C=O) groups excluding carboxylic acids is 1. The minimum absolute atomic E-state index is 0.0254. The van der Waals surface area contributed by atoms with Crippen molar-refractivity contribution in [2.24, 2.45) is 0 Å². The maximum Gasteiger partial charge on any atom is 0.416 e. The van der Waals surface area contributed by atoms with Crippen LogP contribution in [0.25, 0.3) is 17.4 Å². The first kappa shape index (κ1) is 28.2. The third kappa shape index (κ3) is 6.41. The van der Waals surface area contributed by atoms with Crippen LogP contribution in [0.2, 0.25) is 0 Å². The number of rotatable bonds is 6. The Morgan fingerprint density at radius 3 is 2.24 bits per heavy atom. The van der Waals surface area contributed by atoms with Gasteiger partial charge >= 0.3 is 18.3 Å². The van der Waals surface area contributed by atoms with Gasteiger partial charge in [0.1, 0.15) is 15.8 Å². The number of piperidine rings is 1. The number of furan rings is 1. The molecule has 0 spiro atoms. The highest BCUT2D eigenvalue weighted by atomic mass is 32.2. The second-order valence-electron chi connectivity index (χ2n) is 8.76. The number of thioether (sulfide) groups is 1. The largest absolute Gasteiger partial charge is 0.481 e. The van der Waals surface area contributed by atoms with Crippen molar-refractivity contribution < 1.29 is 45.5 Å². The summed E-state index contributed by atoms with van der Waals surface area (Å²) in [4.78, 5) is 27.5. The van der Waals surface area contributed by atoms with Gasteiger partial charge in [-0.05, 0) is 43.2 Å². The molecular formula is C24H20F6N2O4S2. The third-order valence-electron chi connectivity index (χ3n) is 6.16. The summed E-state index contributed by atoms with van der Waals surface area (Å²) < 4.78 is 85.0. The van der Waals surface area contributed by atoms with Gasteiger partial charge < -0.3 is 14.4 Å². The van der Waals surface area contributed by atoms with Gasteiger partial charge in [0.05, 0.1) is 22.5 Å². The van der Waals surface area contributed by atoms with Crippen LogP contribution in [0.4, 0.5) is 26.3 Å². The maximum atomic E-state index is 13.2. The first-order chi connectivity index (χ1) is 17.7. The van der Waals surface area contributed by atoms with E-state index in [0.717, 1.165) is 11.8 Å². The van der Waals surface area contributed by atoms with E-state index in [0.29, 0.717) is 48.9 Å². The molecule has 0 bridgehead atoms. The van der Waals surface area contributed by atoms with Gasteiger partial charge in [-0.25, -0.2) is 0 Å². The van der Waals surface area contributed by atoms with Gasteiger partial charge in [-0.15, -0.1) is 0 Å². The van der Waals surface area contributed by atoms with Crippen molar-refractivity contribution in [2.75, 3.05) is 19.6 Å². The zero-order valence-electron chi connectivity index (χ0n) is 19.4. The van der Waals surface area contributed by atoms with E-state index in [1.807, 2.05) is 4.90 Å². The van der Waals surface area contributed by atoms with E-state index in [-0.39, 0.29) is 40.9 Å². The summed E-state index contributed by atoms with van der Waals surface area (Å²) in [6.07, 6.45) is -7.42. The maximum absolute atomic E-state index is 13.2. The van der Waals surface area contributed by atoms with E-state index in [1.165, 1.54) is 23.1 Å². The standard InChI is InChI=1S/C24H20F6N2O4S2/c25-23(26,27)14-9-13(10-15(11-14)24(28,29)30)18-2-1-17(36-18)12-19-21(35)32(22(37)38-19)16-3-6-31(7-4-16)8-5-20(33)34/h1-2,9-12,16H,3-8H2,(H,33,34)/b19-12-. The lowest BCUT2D eigenvalue weighted by Crippen LogP contribution is -2.46. The lowest BCUT2D eigenvalue weighted by atomic mass is 10.0. The molecule has 0 radical (unpaired) electrons. The highest BCUT2D eigenvalue weighted by Gasteiger charge is 2.39. The topological polar surface area (TPSA) is 74.0 Å². The fourth-order valence-electron chi connectivity index (χ4n) is 4.26. The van der Waals surface area contributed by atoms with Crippen LogP contribution in [0.5, 0.6) is 0 Å². The van der Waals surface area contributed by atoms with Crippen LogP contribution in [-0.4, -0.2) is 56.8 Å². The normalized spacial score (nSPS) is 19.1. The number of hydrogen-bond acceptors (Lipinski definition) is 6. The van der Waals surface area contributed by atoms with Crippen molar-refractivity contribution >= 4 is 46.3 Å². The van der Waals surface area contributed by atoms with Gasteiger partial charge in [-0.1, -0.05) is 24.0 Å². The number of carbonyl (C=O) groups is 2. The van der Waals surface area contributed by atoms with Crippen molar-refractivity contribution in [2.45, 2.75) is 37.7 Å². The van der Waals surface area contributed by atoms with E-state index in [4.69, 9.17) is 21.7 Å². The van der Waals surface area contributed by atoms with E-state index < -0.39 is 35.0 Å². The van der Waals surface area contributed by atoms with Gasteiger partial charge in [0.25, 0.3) is 5.91 Å². The number of likely N-dealkylation sites (tertiary alicyclic amines) is 1. The Morgan fingerprint density at radius 2 is 1.68 bits per heavy atom. The zero-order chi connectivity index (χ0) is 27.8. The van der Waals surface area contributed by atoms with Crippen LogP contribution in [0.3, 0.4) is 0 Å². The van der Waals surface area contributed by atoms with Gasteiger partial charge in [0.15, 0.2) is 0 Å². The van der Waals surface area contributed by atoms with Gasteiger partial charge in [-0.3, -0.25) is 14.5 Å². The average Bonchev–Trinajstić information content (AvgIpc) is 3.41. The van der Waals surface area contributed by atoms with Crippen LogP contribution >= 0.6 is 24.0 Å². The van der Waals surface area contributed by atoms with E-state index >= 15 is 0 Å². The first-order valence-electron chi connectivity index (χ1n) is 11.3. The van der Waals surface area contributed by atoms with Crippen LogP contribution in [0.1, 0.15) is 36.1 Å². The Labute approximate surface area is 222 Å². The first-order valence-corrected chi connectivity index (χ1v) is 12.6. The van der Waals surface area contributed by atoms with Gasteiger partial charge in [-0.2, -0.15) is 26.3 Å². The zero-order valence-corrected chi connectivity index (χ0v) is 21.1. The third-order valence-corrected chi connectivity index (χ3v) is 7.49. The monoisotopic (exact) mass is 578 g/mol. The second-order valence-corrected chi connectivity index (χ2v) is 10.4. The highest BCUT2D eigenvalue weighted by Crippen LogP contribution is 2.40. The molecule has 2 aliphatic heterocycles. The molecule has 0 unspecified atom stereocenters. The van der Waals surface area contributed by atoms with Gasteiger partial charge in [0.2, 0.25) is 0 Å². The Morgan fingerprint density at radius 1 is 1.08 bits per heavy atom. The smallest absolute Gasteiger partial charge is 0.416 e. The second kappa shape index (κ2) is 10.7. The summed E-state index contributed by atoms with van der Waals surface area (Å²) in [5.74, 6) is -1.42. The van der Waals surface area contributed by atoms with Crippen molar-refractivity contribution in [3.63, 3.8) is 0 Å². The summed E-state index contributed by atoms with van der Waals surface area (Å²) >= 11 is 6.40. The SMILES string of the molecule is O=C(O)CCN1CCC(N2C(=O)/C(=C/c3ccc(-c4cc(C(F)(F)F)cc(C(F)(F)F)c4)o3)SC2=S)CC1. The molecule has 0 aliphatic carbocycles. The van der Waals surface area contributed by atoms with E-state index in [2.05, 4.69) is 0 Å². The van der Waals surface area contributed by atoms with E-state index in [9.17, 15) is 35.9 Å². The Hall–Kier alpha value is -2.84. The number of carboxylic acids is 1. The molecule has 14 heteroatoms. The molecule has 2 fully saturated rings. The minimum atomic E-state index is -4.99. The van der Waals surface area contributed by atoms with Gasteiger partial charge in [0, 0.05) is 37.3 Å². The van der Waals surface area contributed by atoms with Crippen LogP contribution in [0.15, 0.2) is 39.7 Å². The fourth-order valence-corrected chi connectivity index (χ4v) is 5.64. The minimum Gasteiger partial charge on any atom is -0.481 e. The molecular weight excluding hydrogens is 558 g/mol. The fraction of sp³-hybridized carbons (Fsp3) is 0.375. The van der Waals surface area contributed by atoms with Crippen LogP contribution < -0.4 is 0 Å². The summed E-state index contributed by atoms with van der Waals surface area (Å²) in [5, 5.41) is 8.84. The summed E-state index contributed by atoms with van der Waals surface area (Å²) in [6, 6.07) is 3.58. The Bertz CT molecular complexity index is 1250. The molecule has 0 atom stereocenters. The predicted molar refractivity (Wildman–Crippen MR) is 131 cm³/mol. The Balaban J connectivity index is 1.51. The molecule has 204 valence electrons. The molecule has 4 rings (SSSR count). The number of amides is 1. The lowest BCUT2D eigenvalue weighted by Gasteiger charge is -2.35. The number of thiocarbonyl (C=S) groups is 1. The highest BCUT2D eigenvalue weighted by molar-refractivity contribution is 8.26. The molecule has 1 aromatic carbocycles. The lowest BCUT2D eigenvalue weighted by molar-refractivity contribution is -0.143. The molecule has 2 aromatic rings. The summed E-state index contributed by atoms with van der Waals surface area (Å²) in [7, 11) is 0. The molecule has 1 aromatic heterocycles. The van der Waals surface area contributed by atoms with E-state index in [1.54, 1.807) is 0 Å². The molecule has 1 amide bonds. The average molecular weight is 579 g/mol. The molecule has 0 saturated carbocycles. The number of alkyl halides is 6. The molecule has 2 aliphatic rings. The summed E-state index contributed by atoms with van der Waals surface area (Å²) in [5.41, 5.74) is -3.33. The van der Waals surface area contributed by atoms with Crippen LogP contribution in [-0.2, 0) is 21.9 Å². The predicted octanol–water partition coefficient (Wildman–Crippen LogP) is 6.12. The molecule has 3 heterocycles. The number of nitrogens with zero attached hydrogens (tertiary/aromatic N) is 2. The Kier molecular flexibility index (Phi) is 7.96. The quantitative estimate of drug-likeness (QED) is 0.251. The molecule has 2 saturated heterocycles. The summed E-state index contributed by atoms with van der Waals surface area (Å²) in [6.45, 7) is 1.62. The number of aliphatic carboxylic acids is 1. The molecule has 38 heavy (non-hydrogen) atoms. The van der Waals surface area contributed by atoms with Crippen LogP contribution in [0, 0.1) is 0 Å². The number of hydrogen-bond donors (Lipinski definition) is 1. The number of benzene rings is 1. The van der Waals surface area contributed by atoms with Crippen molar-refractivity contribution in [3.05, 3.63) is 52.1 Å².